The van der Waals surface area contributed by atoms with E-state index in [0.29, 0.717) is 10.4 Å². The molecule has 23 heavy (non-hydrogen) atoms. The Balaban J connectivity index is 2.25. The van der Waals surface area contributed by atoms with Gasteiger partial charge in [-0.2, -0.15) is 0 Å². The molecule has 1 heterocycles. The van der Waals surface area contributed by atoms with Crippen molar-refractivity contribution in [3.8, 4) is 0 Å². The van der Waals surface area contributed by atoms with Crippen molar-refractivity contribution >= 4 is 59.4 Å². The minimum Gasteiger partial charge on any atom is -0.241 e. The highest BCUT2D eigenvalue weighted by Crippen LogP contribution is 2.29. The second-order valence-electron chi connectivity index (χ2n) is 5.37. The fourth-order valence-electron chi connectivity index (χ4n) is 2.56. The molecule has 0 bridgehead atoms. The predicted molar refractivity (Wildman–Crippen MR) is 106 cm³/mol. The molecule has 120 valence electrons. The minimum atomic E-state index is -3.59. The van der Waals surface area contributed by atoms with Gasteiger partial charge >= 0.3 is 0 Å². The van der Waals surface area contributed by atoms with Crippen molar-refractivity contribution in [1.29, 1.82) is 0 Å². The van der Waals surface area contributed by atoms with E-state index in [4.69, 9.17) is 0 Å². The number of benzene rings is 2. The summed E-state index contributed by atoms with van der Waals surface area (Å²) in [5.74, 6) is 0. The molecule has 0 aliphatic heterocycles. The van der Waals surface area contributed by atoms with E-state index in [2.05, 4.69) is 38.5 Å². The third-order valence-electron chi connectivity index (χ3n) is 3.76. The summed E-state index contributed by atoms with van der Waals surface area (Å²) in [5.41, 5.74) is 2.80. The Bertz CT molecular complexity index is 962. The maximum Gasteiger partial charge on any atom is 0.268 e. The monoisotopic (exact) mass is 503 g/mol. The molecule has 0 aliphatic carbocycles. The van der Waals surface area contributed by atoms with Crippen LogP contribution in [-0.4, -0.2) is 16.8 Å². The lowest BCUT2D eigenvalue weighted by Crippen LogP contribution is -2.11. The fraction of sp³-hybridized carbons (Fsp3) is 0.176. The van der Waals surface area contributed by atoms with Gasteiger partial charge in [0.25, 0.3) is 10.0 Å². The molecule has 0 aliphatic rings. The van der Waals surface area contributed by atoms with E-state index in [-0.39, 0.29) is 0 Å². The molecule has 2 aromatic carbocycles. The summed E-state index contributed by atoms with van der Waals surface area (Å²) in [6.45, 7) is 1.94. The number of halogens is 2. The van der Waals surface area contributed by atoms with Crippen molar-refractivity contribution < 1.29 is 8.42 Å². The summed E-state index contributed by atoms with van der Waals surface area (Å²) in [7, 11) is -3.59. The van der Waals surface area contributed by atoms with Gasteiger partial charge in [-0.1, -0.05) is 56.2 Å². The number of rotatable bonds is 4. The number of alkyl halides is 1. The molecular weight excluding hydrogens is 489 g/mol. The maximum absolute atomic E-state index is 13.0. The first-order valence-corrected chi connectivity index (χ1v) is 10.9. The Morgan fingerprint density at radius 2 is 1.83 bits per heavy atom. The molecule has 0 atom stereocenters. The van der Waals surface area contributed by atoms with Gasteiger partial charge in [0.1, 0.15) is 0 Å². The van der Waals surface area contributed by atoms with E-state index in [0.717, 1.165) is 31.8 Å². The molecule has 0 radical (unpaired) electrons. The van der Waals surface area contributed by atoms with Gasteiger partial charge in [0, 0.05) is 20.5 Å². The Labute approximate surface area is 158 Å². The number of aryl methyl sites for hydroxylation is 2. The SMILES string of the molecule is Cc1ccc(S(=O)(=O)n2cc(CCI)c3cc(Br)ccc32)cc1. The zero-order valence-corrected chi connectivity index (χ0v) is 17.0. The van der Waals surface area contributed by atoms with Gasteiger partial charge in [0.05, 0.1) is 10.4 Å². The van der Waals surface area contributed by atoms with Gasteiger partial charge in [-0.3, -0.25) is 0 Å². The average molecular weight is 504 g/mol. The van der Waals surface area contributed by atoms with Crippen LogP contribution in [0.3, 0.4) is 0 Å². The summed E-state index contributed by atoms with van der Waals surface area (Å²) in [4.78, 5) is 0.309. The molecule has 6 heteroatoms. The summed E-state index contributed by atoms with van der Waals surface area (Å²) < 4.78 is 29.3. The highest BCUT2D eigenvalue weighted by molar-refractivity contribution is 14.1. The lowest BCUT2D eigenvalue weighted by atomic mass is 10.1. The lowest BCUT2D eigenvalue weighted by Gasteiger charge is -2.08. The topological polar surface area (TPSA) is 39.1 Å². The van der Waals surface area contributed by atoms with Crippen LogP contribution in [0.25, 0.3) is 10.9 Å². The summed E-state index contributed by atoms with van der Waals surface area (Å²) in [5, 5.41) is 0.978. The summed E-state index contributed by atoms with van der Waals surface area (Å²) in [6.07, 6.45) is 2.59. The largest absolute Gasteiger partial charge is 0.268 e. The highest BCUT2D eigenvalue weighted by Gasteiger charge is 2.21. The van der Waals surface area contributed by atoms with Gasteiger partial charge in [-0.25, -0.2) is 12.4 Å². The van der Waals surface area contributed by atoms with Crippen LogP contribution < -0.4 is 0 Å². The number of hydrogen-bond donors (Lipinski definition) is 0. The first-order chi connectivity index (χ1) is 10.9. The molecule has 3 rings (SSSR count). The van der Waals surface area contributed by atoms with E-state index >= 15 is 0 Å². The summed E-state index contributed by atoms with van der Waals surface area (Å²) >= 11 is 5.78. The van der Waals surface area contributed by atoms with Crippen molar-refractivity contribution in [3.63, 3.8) is 0 Å². The fourth-order valence-corrected chi connectivity index (χ4v) is 4.90. The molecule has 0 fully saturated rings. The second kappa shape index (κ2) is 6.57. The smallest absolute Gasteiger partial charge is 0.241 e. The Morgan fingerprint density at radius 1 is 1.13 bits per heavy atom. The molecule has 0 amide bonds. The molecule has 3 nitrogen and oxygen atoms in total. The van der Waals surface area contributed by atoms with Crippen molar-refractivity contribution in [2.45, 2.75) is 18.2 Å². The van der Waals surface area contributed by atoms with Crippen LogP contribution in [0, 0.1) is 6.92 Å². The molecule has 0 saturated carbocycles. The molecule has 1 aromatic heterocycles. The van der Waals surface area contributed by atoms with E-state index in [9.17, 15) is 8.42 Å². The van der Waals surface area contributed by atoms with Gasteiger partial charge < -0.3 is 0 Å². The van der Waals surface area contributed by atoms with Crippen LogP contribution in [0.5, 0.6) is 0 Å². The van der Waals surface area contributed by atoms with Crippen LogP contribution in [-0.2, 0) is 16.4 Å². The number of fused-ring (bicyclic) bond motifs is 1. The Hall–Kier alpha value is -0.860. The second-order valence-corrected chi connectivity index (χ2v) is 9.18. The van der Waals surface area contributed by atoms with Crippen LogP contribution in [0.2, 0.25) is 0 Å². The van der Waals surface area contributed by atoms with Crippen LogP contribution in [0.15, 0.2) is 58.0 Å². The van der Waals surface area contributed by atoms with Crippen LogP contribution in [0.1, 0.15) is 11.1 Å². The van der Waals surface area contributed by atoms with Gasteiger partial charge in [0.15, 0.2) is 0 Å². The zero-order chi connectivity index (χ0) is 16.6. The number of nitrogens with zero attached hydrogens (tertiary/aromatic N) is 1. The number of aromatic nitrogens is 1. The first kappa shape index (κ1) is 17.0. The third kappa shape index (κ3) is 3.21. The maximum atomic E-state index is 13.0. The van der Waals surface area contributed by atoms with Gasteiger partial charge in [0.2, 0.25) is 0 Å². The predicted octanol–water partition coefficient (Wildman–Crippen LogP) is 4.93. The standard InChI is InChI=1S/C17H15BrINO2S/c1-12-2-5-15(6-3-12)23(21,22)20-11-13(8-9-19)16-10-14(18)4-7-17(16)20/h2-7,10-11H,8-9H2,1H3. The van der Waals surface area contributed by atoms with Crippen LogP contribution >= 0.6 is 38.5 Å². The number of hydrogen-bond acceptors (Lipinski definition) is 2. The molecular formula is C17H15BrINO2S. The van der Waals surface area contributed by atoms with E-state index in [1.54, 1.807) is 18.3 Å². The molecule has 0 unspecified atom stereocenters. The van der Waals surface area contributed by atoms with Crippen LogP contribution in [0.4, 0.5) is 0 Å². The Kier molecular flexibility index (Phi) is 4.85. The van der Waals surface area contributed by atoms with Gasteiger partial charge in [-0.15, -0.1) is 0 Å². The molecule has 0 saturated heterocycles. The Morgan fingerprint density at radius 3 is 2.48 bits per heavy atom. The third-order valence-corrected chi connectivity index (χ3v) is 6.48. The van der Waals surface area contributed by atoms with Crippen molar-refractivity contribution in [1.82, 2.24) is 3.97 Å². The van der Waals surface area contributed by atoms with Gasteiger partial charge in [-0.05, 0) is 49.2 Å². The lowest BCUT2D eigenvalue weighted by molar-refractivity contribution is 0.589. The molecule has 0 N–H and O–H groups in total. The van der Waals surface area contributed by atoms with E-state index in [1.165, 1.54) is 3.97 Å². The molecule has 3 aromatic rings. The average Bonchev–Trinajstić information content (AvgIpc) is 2.87. The van der Waals surface area contributed by atoms with Crippen molar-refractivity contribution in [2.75, 3.05) is 4.43 Å². The first-order valence-electron chi connectivity index (χ1n) is 7.11. The highest BCUT2D eigenvalue weighted by atomic mass is 127. The minimum absolute atomic E-state index is 0.309. The normalized spacial score (nSPS) is 12.0. The van der Waals surface area contributed by atoms with Crippen molar-refractivity contribution in [2.24, 2.45) is 0 Å². The van der Waals surface area contributed by atoms with Crippen molar-refractivity contribution in [3.05, 3.63) is 64.3 Å². The summed E-state index contributed by atoms with van der Waals surface area (Å²) in [6, 6.07) is 12.7. The van der Waals surface area contributed by atoms with E-state index < -0.39 is 10.0 Å². The quantitative estimate of drug-likeness (QED) is 0.374. The zero-order valence-electron chi connectivity index (χ0n) is 12.5. The molecule has 0 spiro atoms. The van der Waals surface area contributed by atoms with E-state index in [1.807, 2.05) is 37.3 Å².